The van der Waals surface area contributed by atoms with Crippen LogP contribution >= 0.6 is 0 Å². The Morgan fingerprint density at radius 2 is 2.00 bits per heavy atom. The molecule has 2 aliphatic rings. The monoisotopic (exact) mass is 230 g/mol. The zero-order valence-corrected chi connectivity index (χ0v) is 8.80. The standard InChI is InChI=1S/C11H13F3N2/c12-11(13,14)8-3-4-16-6-9(7-1-2-7)15-10(16)5-8/h6-8H,1-5H2. The molecule has 0 aromatic carbocycles. The molecule has 0 radical (unpaired) electrons. The summed E-state index contributed by atoms with van der Waals surface area (Å²) < 4.78 is 39.6. The van der Waals surface area contributed by atoms with Gasteiger partial charge in [0.05, 0.1) is 11.6 Å². The maximum atomic E-state index is 12.6. The maximum absolute atomic E-state index is 12.6. The summed E-state index contributed by atoms with van der Waals surface area (Å²) in [6, 6.07) is 0. The number of aromatic nitrogens is 2. The summed E-state index contributed by atoms with van der Waals surface area (Å²) in [7, 11) is 0. The SMILES string of the molecule is FC(F)(F)C1CCn2cc(C3CC3)nc2C1. The van der Waals surface area contributed by atoms with Crippen LogP contribution in [0, 0.1) is 5.92 Å². The van der Waals surface area contributed by atoms with Gasteiger partial charge in [-0.05, 0) is 19.3 Å². The molecule has 0 saturated heterocycles. The van der Waals surface area contributed by atoms with Crippen LogP contribution in [-0.4, -0.2) is 15.7 Å². The molecule has 0 bridgehead atoms. The van der Waals surface area contributed by atoms with E-state index in [0.717, 1.165) is 18.5 Å². The lowest BCUT2D eigenvalue weighted by molar-refractivity contribution is -0.179. The third-order valence-electron chi connectivity index (χ3n) is 3.48. The molecule has 1 aliphatic carbocycles. The van der Waals surface area contributed by atoms with Crippen molar-refractivity contribution >= 4 is 0 Å². The lowest BCUT2D eigenvalue weighted by Gasteiger charge is -2.25. The van der Waals surface area contributed by atoms with E-state index in [0.29, 0.717) is 18.3 Å². The number of fused-ring (bicyclic) bond motifs is 1. The second kappa shape index (κ2) is 3.25. The van der Waals surface area contributed by atoms with Crippen molar-refractivity contribution in [1.29, 1.82) is 0 Å². The molecule has 0 amide bonds. The minimum absolute atomic E-state index is 0.0518. The summed E-state index contributed by atoms with van der Waals surface area (Å²) in [5.74, 6) is -0.0626. The van der Waals surface area contributed by atoms with Gasteiger partial charge < -0.3 is 4.57 Å². The Kier molecular flexibility index (Phi) is 2.06. The second-order valence-corrected chi connectivity index (χ2v) is 4.78. The van der Waals surface area contributed by atoms with Gasteiger partial charge in [-0.2, -0.15) is 13.2 Å². The number of halogens is 3. The molecule has 5 heteroatoms. The van der Waals surface area contributed by atoms with Crippen molar-refractivity contribution in [2.45, 2.75) is 44.3 Å². The van der Waals surface area contributed by atoms with E-state index in [4.69, 9.17) is 0 Å². The molecule has 2 heterocycles. The first-order valence-electron chi connectivity index (χ1n) is 5.66. The minimum Gasteiger partial charge on any atom is -0.335 e. The lowest BCUT2D eigenvalue weighted by atomic mass is 9.97. The van der Waals surface area contributed by atoms with Gasteiger partial charge in [0.1, 0.15) is 5.82 Å². The van der Waals surface area contributed by atoms with Crippen molar-refractivity contribution in [3.8, 4) is 0 Å². The van der Waals surface area contributed by atoms with Gasteiger partial charge in [0, 0.05) is 25.1 Å². The lowest BCUT2D eigenvalue weighted by Crippen LogP contribution is -2.31. The summed E-state index contributed by atoms with van der Waals surface area (Å²) in [4.78, 5) is 4.34. The van der Waals surface area contributed by atoms with Gasteiger partial charge >= 0.3 is 6.18 Å². The van der Waals surface area contributed by atoms with Crippen LogP contribution < -0.4 is 0 Å². The van der Waals surface area contributed by atoms with E-state index < -0.39 is 12.1 Å². The number of imidazole rings is 1. The second-order valence-electron chi connectivity index (χ2n) is 4.78. The van der Waals surface area contributed by atoms with E-state index in [9.17, 15) is 13.2 Å². The summed E-state index contributed by atoms with van der Waals surface area (Å²) >= 11 is 0. The van der Waals surface area contributed by atoms with Crippen LogP contribution in [0.4, 0.5) is 13.2 Å². The van der Waals surface area contributed by atoms with E-state index in [1.807, 2.05) is 10.8 Å². The molecule has 0 spiro atoms. The van der Waals surface area contributed by atoms with E-state index in [2.05, 4.69) is 4.98 Å². The first kappa shape index (κ1) is 10.2. The maximum Gasteiger partial charge on any atom is 0.392 e. The van der Waals surface area contributed by atoms with Crippen LogP contribution in [-0.2, 0) is 13.0 Å². The van der Waals surface area contributed by atoms with Gasteiger partial charge in [0.2, 0.25) is 0 Å². The Labute approximate surface area is 91.5 Å². The first-order chi connectivity index (χ1) is 7.54. The van der Waals surface area contributed by atoms with E-state index in [1.165, 1.54) is 0 Å². The number of hydrogen-bond donors (Lipinski definition) is 0. The molecule has 1 atom stereocenters. The minimum atomic E-state index is -4.07. The van der Waals surface area contributed by atoms with Crippen LogP contribution in [0.5, 0.6) is 0 Å². The Morgan fingerprint density at radius 1 is 1.25 bits per heavy atom. The summed E-state index contributed by atoms with van der Waals surface area (Å²) in [5, 5.41) is 0. The highest BCUT2D eigenvalue weighted by molar-refractivity contribution is 5.16. The highest BCUT2D eigenvalue weighted by Crippen LogP contribution is 2.41. The molecule has 16 heavy (non-hydrogen) atoms. The highest BCUT2D eigenvalue weighted by Gasteiger charge is 2.42. The third kappa shape index (κ3) is 1.72. The molecule has 1 fully saturated rings. The van der Waals surface area contributed by atoms with E-state index in [-0.39, 0.29) is 12.8 Å². The Bertz CT molecular complexity index is 404. The van der Waals surface area contributed by atoms with Gasteiger partial charge in [-0.1, -0.05) is 0 Å². The average molecular weight is 230 g/mol. The fourth-order valence-electron chi connectivity index (χ4n) is 2.31. The zero-order valence-electron chi connectivity index (χ0n) is 8.80. The third-order valence-corrected chi connectivity index (χ3v) is 3.48. The Balaban J connectivity index is 1.82. The molecule has 1 aromatic heterocycles. The molecule has 1 aromatic rings. The summed E-state index contributed by atoms with van der Waals surface area (Å²) in [6.07, 6.45) is 0.391. The van der Waals surface area contributed by atoms with Crippen LogP contribution in [0.25, 0.3) is 0 Å². The molecule has 88 valence electrons. The average Bonchev–Trinajstić information content (AvgIpc) is 2.96. The van der Waals surface area contributed by atoms with Crippen LogP contribution in [0.2, 0.25) is 0 Å². The molecular weight excluding hydrogens is 217 g/mol. The number of nitrogens with zero attached hydrogens (tertiary/aromatic N) is 2. The van der Waals surface area contributed by atoms with Crippen LogP contribution in [0.3, 0.4) is 0 Å². The van der Waals surface area contributed by atoms with E-state index in [1.54, 1.807) is 0 Å². The molecular formula is C11H13F3N2. The summed E-state index contributed by atoms with van der Waals surface area (Å²) in [6.45, 7) is 0.458. The number of aryl methyl sites for hydroxylation is 1. The number of hydrogen-bond acceptors (Lipinski definition) is 1. The van der Waals surface area contributed by atoms with E-state index >= 15 is 0 Å². The predicted molar refractivity (Wildman–Crippen MR) is 52.1 cm³/mol. The molecule has 1 aliphatic heterocycles. The molecule has 0 N–H and O–H groups in total. The normalized spacial score (nSPS) is 25.6. The van der Waals surface area contributed by atoms with Crippen molar-refractivity contribution in [2.24, 2.45) is 5.92 Å². The van der Waals surface area contributed by atoms with Gasteiger partial charge in [0.25, 0.3) is 0 Å². The van der Waals surface area contributed by atoms with Crippen LogP contribution in [0.1, 0.15) is 36.7 Å². The number of rotatable bonds is 1. The first-order valence-corrected chi connectivity index (χ1v) is 5.66. The largest absolute Gasteiger partial charge is 0.392 e. The summed E-state index contributed by atoms with van der Waals surface area (Å²) in [5.41, 5.74) is 0.998. The van der Waals surface area contributed by atoms with Crippen molar-refractivity contribution in [3.63, 3.8) is 0 Å². The smallest absolute Gasteiger partial charge is 0.335 e. The predicted octanol–water partition coefficient (Wildman–Crippen LogP) is 2.89. The Hall–Kier alpha value is -1.00. The van der Waals surface area contributed by atoms with Crippen molar-refractivity contribution in [1.82, 2.24) is 9.55 Å². The zero-order chi connectivity index (χ0) is 11.3. The molecule has 3 rings (SSSR count). The fourth-order valence-corrected chi connectivity index (χ4v) is 2.31. The Morgan fingerprint density at radius 3 is 2.62 bits per heavy atom. The molecule has 1 saturated carbocycles. The van der Waals surface area contributed by atoms with Crippen molar-refractivity contribution < 1.29 is 13.2 Å². The quantitative estimate of drug-likeness (QED) is 0.725. The van der Waals surface area contributed by atoms with Gasteiger partial charge in [0.15, 0.2) is 0 Å². The molecule has 2 nitrogen and oxygen atoms in total. The number of alkyl halides is 3. The van der Waals surface area contributed by atoms with Crippen molar-refractivity contribution in [2.75, 3.05) is 0 Å². The topological polar surface area (TPSA) is 17.8 Å². The molecule has 1 unspecified atom stereocenters. The van der Waals surface area contributed by atoms with Crippen LogP contribution in [0.15, 0.2) is 6.20 Å². The van der Waals surface area contributed by atoms with Gasteiger partial charge in [-0.3, -0.25) is 0 Å². The highest BCUT2D eigenvalue weighted by atomic mass is 19.4. The van der Waals surface area contributed by atoms with Gasteiger partial charge in [-0.25, -0.2) is 4.98 Å². The van der Waals surface area contributed by atoms with Gasteiger partial charge in [-0.15, -0.1) is 0 Å². The van der Waals surface area contributed by atoms with Crippen molar-refractivity contribution in [3.05, 3.63) is 17.7 Å². The fraction of sp³-hybridized carbons (Fsp3) is 0.727.